The van der Waals surface area contributed by atoms with Gasteiger partial charge in [0.05, 0.1) is 24.4 Å². The largest absolute Gasteiger partial charge is 0.507 e. The number of benzene rings is 2. The number of aliphatic hydroxyl groups excluding tert-OH is 1. The molecule has 5 nitrogen and oxygen atoms in total. The van der Waals surface area contributed by atoms with Gasteiger partial charge in [0.1, 0.15) is 11.5 Å². The molecule has 1 saturated heterocycles. The highest BCUT2D eigenvalue weighted by atomic mass is 16.3. The second-order valence-corrected chi connectivity index (χ2v) is 6.28. The second-order valence-electron chi connectivity index (χ2n) is 6.28. The van der Waals surface area contributed by atoms with Gasteiger partial charge in [-0.25, -0.2) is 0 Å². The van der Waals surface area contributed by atoms with Gasteiger partial charge in [-0.05, 0) is 17.7 Å². The molecule has 4 rings (SSSR count). The monoisotopic (exact) mass is 359 g/mol. The Kier molecular flexibility index (Phi) is 4.34. The lowest BCUT2D eigenvalue weighted by molar-refractivity contribution is -0.140. The number of hydrogen-bond donors (Lipinski definition) is 1. The Morgan fingerprint density at radius 1 is 0.926 bits per heavy atom. The first kappa shape index (κ1) is 16.8. The summed E-state index contributed by atoms with van der Waals surface area (Å²) in [5, 5.41) is 10.8. The zero-order valence-corrected chi connectivity index (χ0v) is 14.4. The molecule has 1 atom stereocenters. The van der Waals surface area contributed by atoms with Crippen LogP contribution >= 0.6 is 0 Å². The molecule has 134 valence electrons. The molecule has 1 N–H and O–H groups in total. The highest BCUT2D eigenvalue weighted by Crippen LogP contribution is 2.40. The first-order valence-electron chi connectivity index (χ1n) is 8.58. The fourth-order valence-corrected chi connectivity index (χ4v) is 3.35. The van der Waals surface area contributed by atoms with Gasteiger partial charge in [-0.15, -0.1) is 0 Å². The Bertz CT molecular complexity index is 991. The van der Waals surface area contributed by atoms with Crippen LogP contribution in [0.1, 0.15) is 22.9 Å². The predicted octanol–water partition coefficient (Wildman–Crippen LogP) is 3.90. The van der Waals surface area contributed by atoms with E-state index in [1.54, 1.807) is 36.4 Å². The van der Waals surface area contributed by atoms with Crippen molar-refractivity contribution in [1.29, 1.82) is 0 Å². The topological polar surface area (TPSA) is 70.8 Å². The molecule has 1 amide bonds. The van der Waals surface area contributed by atoms with Gasteiger partial charge in [-0.3, -0.25) is 9.59 Å². The van der Waals surface area contributed by atoms with Gasteiger partial charge in [0.2, 0.25) is 0 Å². The summed E-state index contributed by atoms with van der Waals surface area (Å²) in [5.74, 6) is -0.961. The minimum Gasteiger partial charge on any atom is -0.507 e. The predicted molar refractivity (Wildman–Crippen MR) is 99.4 cm³/mol. The quantitative estimate of drug-likeness (QED) is 0.436. The number of nitrogens with zero attached hydrogens (tertiary/aromatic N) is 1. The van der Waals surface area contributed by atoms with Crippen LogP contribution in [0.15, 0.2) is 89.0 Å². The van der Waals surface area contributed by atoms with Gasteiger partial charge in [0.25, 0.3) is 11.7 Å². The molecule has 0 saturated carbocycles. The Balaban J connectivity index is 1.86. The fourth-order valence-electron chi connectivity index (χ4n) is 3.35. The molecule has 2 heterocycles. The summed E-state index contributed by atoms with van der Waals surface area (Å²) in [6.45, 7) is 0.142. The van der Waals surface area contributed by atoms with E-state index in [4.69, 9.17) is 4.42 Å². The number of aliphatic hydroxyl groups is 1. The number of furan rings is 1. The molecule has 1 aliphatic rings. The highest BCUT2D eigenvalue weighted by Gasteiger charge is 2.46. The van der Waals surface area contributed by atoms with Crippen molar-refractivity contribution in [2.24, 2.45) is 0 Å². The fraction of sp³-hybridized carbons (Fsp3) is 0.0909. The minimum atomic E-state index is -0.697. The van der Waals surface area contributed by atoms with Crippen LogP contribution in [0.5, 0.6) is 0 Å². The van der Waals surface area contributed by atoms with Crippen LogP contribution in [-0.4, -0.2) is 21.7 Å². The van der Waals surface area contributed by atoms with Crippen molar-refractivity contribution in [3.8, 4) is 0 Å². The van der Waals surface area contributed by atoms with Gasteiger partial charge in [-0.1, -0.05) is 60.7 Å². The zero-order valence-electron chi connectivity index (χ0n) is 14.4. The van der Waals surface area contributed by atoms with Crippen LogP contribution in [0.2, 0.25) is 0 Å². The van der Waals surface area contributed by atoms with E-state index >= 15 is 0 Å². The molecule has 5 heteroatoms. The molecule has 2 aromatic carbocycles. The van der Waals surface area contributed by atoms with E-state index in [1.165, 1.54) is 11.2 Å². The minimum absolute atomic E-state index is 0.0870. The van der Waals surface area contributed by atoms with Gasteiger partial charge in [-0.2, -0.15) is 0 Å². The molecule has 1 aromatic heterocycles. The van der Waals surface area contributed by atoms with E-state index in [9.17, 15) is 14.7 Å². The van der Waals surface area contributed by atoms with Crippen molar-refractivity contribution in [3.05, 3.63) is 102 Å². The second kappa shape index (κ2) is 6.96. The Labute approximate surface area is 156 Å². The lowest BCUT2D eigenvalue weighted by atomic mass is 9.95. The molecule has 27 heavy (non-hydrogen) atoms. The number of hydrogen-bond acceptors (Lipinski definition) is 4. The molecule has 0 spiro atoms. The standard InChI is InChI=1S/C22H17NO4/c24-20(16-10-5-2-6-11-16)18-19(15-8-3-1-4-9-15)23(22(26)21(18)25)14-17-12-7-13-27-17/h1-13,19,24H,14H2/b20-18+. The van der Waals surface area contributed by atoms with Gasteiger partial charge in [0, 0.05) is 5.56 Å². The number of ketones is 1. The third kappa shape index (κ3) is 3.04. The molecule has 1 unspecified atom stereocenters. The molecule has 0 bridgehead atoms. The summed E-state index contributed by atoms with van der Waals surface area (Å²) < 4.78 is 5.36. The summed E-state index contributed by atoms with van der Waals surface area (Å²) in [4.78, 5) is 27.0. The van der Waals surface area contributed by atoms with Crippen molar-refractivity contribution < 1.29 is 19.1 Å². The lowest BCUT2D eigenvalue weighted by Crippen LogP contribution is -2.29. The maximum atomic E-state index is 12.8. The van der Waals surface area contributed by atoms with Crippen LogP contribution in [0, 0.1) is 0 Å². The van der Waals surface area contributed by atoms with Crippen molar-refractivity contribution >= 4 is 17.4 Å². The lowest BCUT2D eigenvalue weighted by Gasteiger charge is -2.24. The SMILES string of the molecule is O=C1C(=O)N(Cc2ccco2)C(c2ccccc2)/C1=C(\O)c1ccccc1. The van der Waals surface area contributed by atoms with Crippen LogP contribution < -0.4 is 0 Å². The summed E-state index contributed by atoms with van der Waals surface area (Å²) in [7, 11) is 0. The first-order chi connectivity index (χ1) is 13.2. The van der Waals surface area contributed by atoms with E-state index in [-0.39, 0.29) is 17.9 Å². The first-order valence-corrected chi connectivity index (χ1v) is 8.58. The highest BCUT2D eigenvalue weighted by molar-refractivity contribution is 6.46. The van der Waals surface area contributed by atoms with Gasteiger partial charge < -0.3 is 14.4 Å². The van der Waals surface area contributed by atoms with E-state index < -0.39 is 17.7 Å². The molecule has 0 aliphatic carbocycles. The Morgan fingerprint density at radius 3 is 2.22 bits per heavy atom. The van der Waals surface area contributed by atoms with Crippen molar-refractivity contribution in [2.75, 3.05) is 0 Å². The number of carbonyl (C=O) groups is 2. The average Bonchev–Trinajstić information content (AvgIpc) is 3.31. The number of Topliss-reactive ketones (excluding diaryl/α,β-unsaturated/α-hetero) is 1. The third-order valence-corrected chi connectivity index (χ3v) is 4.61. The van der Waals surface area contributed by atoms with Crippen LogP contribution in [-0.2, 0) is 16.1 Å². The summed E-state index contributed by atoms with van der Waals surface area (Å²) in [6, 6.07) is 20.8. The van der Waals surface area contributed by atoms with Gasteiger partial charge >= 0.3 is 0 Å². The molecule has 1 aliphatic heterocycles. The van der Waals surface area contributed by atoms with Crippen molar-refractivity contribution in [1.82, 2.24) is 4.90 Å². The maximum absolute atomic E-state index is 12.8. The molecule has 3 aromatic rings. The van der Waals surface area contributed by atoms with Crippen molar-refractivity contribution in [3.63, 3.8) is 0 Å². The number of amides is 1. The smallest absolute Gasteiger partial charge is 0.296 e. The maximum Gasteiger partial charge on any atom is 0.296 e. The number of likely N-dealkylation sites (tertiary alicyclic amines) is 1. The van der Waals surface area contributed by atoms with Crippen LogP contribution in [0.4, 0.5) is 0 Å². The normalized spacial score (nSPS) is 18.8. The van der Waals surface area contributed by atoms with Crippen LogP contribution in [0.25, 0.3) is 5.76 Å². The number of carbonyl (C=O) groups excluding carboxylic acids is 2. The van der Waals surface area contributed by atoms with E-state index in [0.29, 0.717) is 11.3 Å². The van der Waals surface area contributed by atoms with Crippen LogP contribution in [0.3, 0.4) is 0 Å². The molecule has 1 fully saturated rings. The Hall–Kier alpha value is -3.60. The average molecular weight is 359 g/mol. The summed E-state index contributed by atoms with van der Waals surface area (Å²) in [5.41, 5.74) is 1.33. The van der Waals surface area contributed by atoms with Crippen molar-refractivity contribution in [2.45, 2.75) is 12.6 Å². The van der Waals surface area contributed by atoms with E-state index in [2.05, 4.69) is 0 Å². The Morgan fingerprint density at radius 2 is 1.59 bits per heavy atom. The molecular formula is C22H17NO4. The molecular weight excluding hydrogens is 342 g/mol. The van der Waals surface area contributed by atoms with E-state index in [1.807, 2.05) is 36.4 Å². The number of rotatable bonds is 4. The zero-order chi connectivity index (χ0) is 18.8. The summed E-state index contributed by atoms with van der Waals surface area (Å²) >= 11 is 0. The van der Waals surface area contributed by atoms with E-state index in [0.717, 1.165) is 5.56 Å². The molecule has 0 radical (unpaired) electrons. The summed E-state index contributed by atoms with van der Waals surface area (Å²) in [6.07, 6.45) is 1.52. The van der Waals surface area contributed by atoms with Gasteiger partial charge in [0.15, 0.2) is 0 Å². The third-order valence-electron chi connectivity index (χ3n) is 4.61.